The number of nitrogens with zero attached hydrogens (tertiary/aromatic N) is 1. The summed E-state index contributed by atoms with van der Waals surface area (Å²) in [5.74, 6) is 1.03. The molecule has 1 aliphatic heterocycles. The predicted octanol–water partition coefficient (Wildman–Crippen LogP) is 1.34. The topological polar surface area (TPSA) is 67.4 Å². The maximum absolute atomic E-state index is 12.0. The number of amides is 1. The molecule has 0 saturated carbocycles. The van der Waals surface area contributed by atoms with Gasteiger partial charge in [-0.1, -0.05) is 36.4 Å². The number of carbonyl (C=O) groups excluding carboxylic acids is 1. The van der Waals surface area contributed by atoms with Crippen LogP contribution in [0.15, 0.2) is 48.5 Å². The number of fused-ring (bicyclic) bond motifs is 1. The molecule has 0 radical (unpaired) electrons. The van der Waals surface area contributed by atoms with E-state index in [2.05, 4.69) is 5.43 Å². The van der Waals surface area contributed by atoms with Gasteiger partial charge in [0.1, 0.15) is 12.3 Å². The fourth-order valence-electron chi connectivity index (χ4n) is 2.45. The molecule has 1 aliphatic rings. The largest absolute Gasteiger partial charge is 0.483 e. The third-order valence-corrected chi connectivity index (χ3v) is 3.62. The molecule has 0 spiro atoms. The zero-order valence-corrected chi connectivity index (χ0v) is 12.4. The monoisotopic (exact) mass is 296 g/mol. The van der Waals surface area contributed by atoms with Crippen molar-refractivity contribution in [2.45, 2.75) is 13.5 Å². The van der Waals surface area contributed by atoms with Crippen LogP contribution in [0.1, 0.15) is 16.7 Å². The van der Waals surface area contributed by atoms with Crippen molar-refractivity contribution in [2.75, 3.05) is 6.61 Å². The van der Waals surface area contributed by atoms with Crippen molar-refractivity contribution in [1.29, 1.82) is 0 Å². The standard InChI is InChI=1S/C17H17N3O2/c1-12-6-2-5-9-15(12)22-11-16(21)19-20-10-13-7-3-4-8-14(13)17(20)18/h2-9,18H,10-11H2,1H3,(H,19,21)/p+1. The maximum atomic E-state index is 12.0. The van der Waals surface area contributed by atoms with Crippen LogP contribution in [0.4, 0.5) is 0 Å². The molecule has 3 N–H and O–H groups in total. The first-order valence-electron chi connectivity index (χ1n) is 7.11. The molecule has 5 heteroatoms. The van der Waals surface area contributed by atoms with Gasteiger partial charge in [0.25, 0.3) is 11.7 Å². The molecule has 2 aromatic carbocycles. The van der Waals surface area contributed by atoms with Crippen LogP contribution in [0, 0.1) is 6.92 Å². The molecule has 112 valence electrons. The Morgan fingerprint density at radius 2 is 1.95 bits per heavy atom. The molecule has 1 heterocycles. The lowest BCUT2D eigenvalue weighted by Gasteiger charge is -2.09. The summed E-state index contributed by atoms with van der Waals surface area (Å²) >= 11 is 0. The summed E-state index contributed by atoms with van der Waals surface area (Å²) < 4.78 is 7.18. The van der Waals surface area contributed by atoms with E-state index < -0.39 is 0 Å². The smallest absolute Gasteiger partial charge is 0.299 e. The minimum Gasteiger partial charge on any atom is -0.483 e. The fraction of sp³-hybridized carbons (Fsp3) is 0.176. The SMILES string of the molecule is Cc1ccccc1OCC(=O)N[N+]1=C(N)c2ccccc2C1. The average Bonchev–Trinajstić information content (AvgIpc) is 2.83. The molecular formula is C17H18N3O2+. The Bertz CT molecular complexity index is 753. The molecule has 22 heavy (non-hydrogen) atoms. The summed E-state index contributed by atoms with van der Waals surface area (Å²) in [6.07, 6.45) is 0. The van der Waals surface area contributed by atoms with E-state index in [-0.39, 0.29) is 12.5 Å². The van der Waals surface area contributed by atoms with Crippen molar-refractivity contribution in [1.82, 2.24) is 5.43 Å². The van der Waals surface area contributed by atoms with E-state index in [1.807, 2.05) is 55.5 Å². The Labute approximate surface area is 129 Å². The number of nitrogens with two attached hydrogens (primary N) is 1. The number of hydrogen-bond acceptors (Lipinski definition) is 3. The average molecular weight is 296 g/mol. The molecule has 2 aromatic rings. The van der Waals surface area contributed by atoms with Gasteiger partial charge in [0.05, 0.1) is 5.56 Å². The van der Waals surface area contributed by atoms with Crippen LogP contribution in [-0.4, -0.2) is 23.0 Å². The molecule has 3 rings (SSSR count). The van der Waals surface area contributed by atoms with Crippen molar-refractivity contribution in [3.8, 4) is 5.75 Å². The summed E-state index contributed by atoms with van der Waals surface area (Å²) in [6, 6.07) is 15.4. The van der Waals surface area contributed by atoms with Crippen LogP contribution < -0.4 is 15.9 Å². The van der Waals surface area contributed by atoms with Crippen LogP contribution in [0.3, 0.4) is 0 Å². The number of benzene rings is 2. The van der Waals surface area contributed by atoms with Gasteiger partial charge in [0.2, 0.25) is 0 Å². The van der Waals surface area contributed by atoms with Crippen LogP contribution in [0.25, 0.3) is 0 Å². The Balaban J connectivity index is 1.62. The zero-order chi connectivity index (χ0) is 15.5. The van der Waals surface area contributed by atoms with Crippen LogP contribution in [-0.2, 0) is 11.3 Å². The Morgan fingerprint density at radius 3 is 2.73 bits per heavy atom. The van der Waals surface area contributed by atoms with Gasteiger partial charge in [0, 0.05) is 5.56 Å². The van der Waals surface area contributed by atoms with Gasteiger partial charge >= 0.3 is 0 Å². The molecule has 0 atom stereocenters. The van der Waals surface area contributed by atoms with E-state index in [1.165, 1.54) is 0 Å². The second-order valence-corrected chi connectivity index (χ2v) is 5.22. The Morgan fingerprint density at radius 1 is 1.23 bits per heavy atom. The Hall–Kier alpha value is -2.82. The molecular weight excluding hydrogens is 278 g/mol. The number of hydrazine groups is 1. The third-order valence-electron chi connectivity index (χ3n) is 3.62. The number of amidine groups is 1. The molecule has 0 saturated heterocycles. The lowest BCUT2D eigenvalue weighted by Crippen LogP contribution is -2.40. The van der Waals surface area contributed by atoms with E-state index in [0.717, 1.165) is 16.7 Å². The Kier molecular flexibility index (Phi) is 3.78. The highest BCUT2D eigenvalue weighted by atomic mass is 16.5. The number of aryl methyl sites for hydroxylation is 1. The van der Waals surface area contributed by atoms with Crippen molar-refractivity contribution >= 4 is 11.7 Å². The summed E-state index contributed by atoms with van der Waals surface area (Å²) in [4.78, 5) is 12.0. The molecule has 0 aliphatic carbocycles. The highest BCUT2D eigenvalue weighted by Gasteiger charge is 2.25. The number of para-hydroxylation sites is 1. The number of hydrazone groups is 1. The van der Waals surface area contributed by atoms with Gasteiger partial charge in [-0.3, -0.25) is 10.5 Å². The minimum absolute atomic E-state index is 0.0506. The first-order chi connectivity index (χ1) is 10.6. The number of rotatable bonds is 4. The van der Waals surface area contributed by atoms with Crippen LogP contribution >= 0.6 is 0 Å². The van der Waals surface area contributed by atoms with Gasteiger partial charge in [-0.2, -0.15) is 10.1 Å². The normalized spacial score (nSPS) is 13.0. The molecule has 0 unspecified atom stereocenters. The number of ether oxygens (including phenoxy) is 1. The number of nitrogens with one attached hydrogen (secondary N) is 1. The summed E-state index contributed by atoms with van der Waals surface area (Å²) in [5, 5.41) is 0. The number of carbonyl (C=O) groups is 1. The van der Waals surface area contributed by atoms with Crippen LogP contribution in [0.5, 0.6) is 5.75 Å². The van der Waals surface area contributed by atoms with E-state index in [9.17, 15) is 4.79 Å². The first-order valence-corrected chi connectivity index (χ1v) is 7.11. The van der Waals surface area contributed by atoms with Gasteiger partial charge in [0.15, 0.2) is 6.61 Å². The molecule has 5 nitrogen and oxygen atoms in total. The van der Waals surface area contributed by atoms with Gasteiger partial charge in [-0.25, -0.2) is 0 Å². The summed E-state index contributed by atoms with van der Waals surface area (Å²) in [6.45, 7) is 2.46. The van der Waals surface area contributed by atoms with Crippen molar-refractivity contribution in [3.63, 3.8) is 0 Å². The van der Waals surface area contributed by atoms with Gasteiger partial charge < -0.3 is 4.74 Å². The van der Waals surface area contributed by atoms with Crippen LogP contribution in [0.2, 0.25) is 0 Å². The van der Waals surface area contributed by atoms with Crippen molar-refractivity contribution < 1.29 is 14.2 Å². The zero-order valence-electron chi connectivity index (χ0n) is 12.4. The fourth-order valence-corrected chi connectivity index (χ4v) is 2.45. The first kappa shape index (κ1) is 14.1. The predicted molar refractivity (Wildman–Crippen MR) is 83.5 cm³/mol. The third kappa shape index (κ3) is 2.79. The highest BCUT2D eigenvalue weighted by molar-refractivity contribution is 5.96. The maximum Gasteiger partial charge on any atom is 0.299 e. The quantitative estimate of drug-likeness (QED) is 0.837. The second kappa shape index (κ2) is 5.89. The van der Waals surface area contributed by atoms with Gasteiger partial charge in [-0.15, -0.1) is 0 Å². The highest BCUT2D eigenvalue weighted by Crippen LogP contribution is 2.16. The summed E-state index contributed by atoms with van der Waals surface area (Å²) in [7, 11) is 0. The number of hydrogen-bond donors (Lipinski definition) is 2. The lowest BCUT2D eigenvalue weighted by atomic mass is 10.1. The molecule has 1 amide bonds. The molecule has 0 bridgehead atoms. The second-order valence-electron chi connectivity index (χ2n) is 5.22. The lowest BCUT2D eigenvalue weighted by molar-refractivity contribution is -0.586. The minimum atomic E-state index is -0.237. The molecule has 0 fully saturated rings. The summed E-state index contributed by atoms with van der Waals surface area (Å²) in [5.41, 5.74) is 11.9. The van der Waals surface area contributed by atoms with Gasteiger partial charge in [-0.05, 0) is 24.6 Å². The van der Waals surface area contributed by atoms with Crippen molar-refractivity contribution in [3.05, 3.63) is 65.2 Å². The van der Waals surface area contributed by atoms with Crippen molar-refractivity contribution in [2.24, 2.45) is 5.73 Å². The molecule has 0 aromatic heterocycles. The van der Waals surface area contributed by atoms with E-state index in [1.54, 1.807) is 4.68 Å². The van der Waals surface area contributed by atoms with E-state index in [0.29, 0.717) is 18.1 Å². The van der Waals surface area contributed by atoms with E-state index >= 15 is 0 Å². The van der Waals surface area contributed by atoms with E-state index in [4.69, 9.17) is 10.5 Å².